The van der Waals surface area contributed by atoms with Gasteiger partial charge in [-0.05, 0) is 42.4 Å². The van der Waals surface area contributed by atoms with E-state index in [1.165, 1.54) is 29.2 Å². The van der Waals surface area contributed by atoms with Crippen molar-refractivity contribution in [2.75, 3.05) is 119 Å². The smallest absolute Gasteiger partial charge is 0.295 e. The number of ketones is 1. The maximum Gasteiger partial charge on any atom is 0.295 e. The Morgan fingerprint density at radius 3 is 2.38 bits per heavy atom. The van der Waals surface area contributed by atoms with Gasteiger partial charge in [-0.3, -0.25) is 24.2 Å². The van der Waals surface area contributed by atoms with Gasteiger partial charge < -0.3 is 44.0 Å². The number of ether oxygens (including phenoxy) is 5. The zero-order valence-corrected chi connectivity index (χ0v) is 37.8. The van der Waals surface area contributed by atoms with E-state index in [2.05, 4.69) is 48.8 Å². The summed E-state index contributed by atoms with van der Waals surface area (Å²) in [4.78, 5) is 54.5. The third-order valence-electron chi connectivity index (χ3n) is 11.8. The lowest BCUT2D eigenvalue weighted by molar-refractivity contribution is -0.126. The number of amides is 2. The van der Waals surface area contributed by atoms with Crippen LogP contribution in [0.4, 0.5) is 0 Å². The van der Waals surface area contributed by atoms with Crippen LogP contribution in [0.1, 0.15) is 58.6 Å². The van der Waals surface area contributed by atoms with Crippen LogP contribution >= 0.6 is 0 Å². The average molecular weight is 908 g/mol. The van der Waals surface area contributed by atoms with Crippen molar-refractivity contribution in [2.24, 2.45) is 0 Å². The number of allylic oxidation sites excluding steroid dienone is 1. The van der Waals surface area contributed by atoms with Gasteiger partial charge in [0.25, 0.3) is 17.6 Å². The normalized spacial score (nSPS) is 16.7. The number of aliphatic hydroxyl groups is 1. The van der Waals surface area contributed by atoms with Crippen LogP contribution in [0.2, 0.25) is 0 Å². The summed E-state index contributed by atoms with van der Waals surface area (Å²) in [7, 11) is 1.50. The van der Waals surface area contributed by atoms with Gasteiger partial charge in [-0.1, -0.05) is 42.8 Å². The Morgan fingerprint density at radius 1 is 0.985 bits per heavy atom. The zero-order chi connectivity index (χ0) is 46.7. The Balaban J connectivity index is 0.968. The number of Topliss-reactive ketones (excluding diaryl/α,β-unsaturated/α-hetero) is 1. The molecule has 2 amide bonds. The van der Waals surface area contributed by atoms with Crippen LogP contribution in [-0.4, -0.2) is 182 Å². The molecule has 0 spiro atoms. The van der Waals surface area contributed by atoms with Gasteiger partial charge in [-0.2, -0.15) is 5.26 Å². The standard InChI is InChI=1S/C48H61N9O9/c1-4-22-63-24-26-65-28-29-66-27-25-64-23-20-54-18-19-55(38(33-54)13-21-58)15-8-14-50-47(60)46-52-34-57(53-46)44-35(2)30-41(62-3)42-40(32-51-43(42)44)45(59)48(61)56-16-11-37(12-17-56)39(31-49)36-9-6-5-7-10-36/h1,5-7,9-10,32,34,38,51,58H,2,8,11-30,33H2,3H3,(H,50,60). The molecule has 3 N–H and O–H groups in total. The fourth-order valence-electron chi connectivity index (χ4n) is 8.41. The van der Waals surface area contributed by atoms with Gasteiger partial charge in [-0.15, -0.1) is 11.5 Å². The number of piperidine rings is 1. The summed E-state index contributed by atoms with van der Waals surface area (Å²) in [6.45, 7) is 13.2. The summed E-state index contributed by atoms with van der Waals surface area (Å²) in [6, 6.07) is 12.0. The number of hydrogen-bond acceptors (Lipinski definition) is 14. The van der Waals surface area contributed by atoms with Crippen LogP contribution in [0.25, 0.3) is 17.0 Å². The molecule has 4 heterocycles. The first-order valence-corrected chi connectivity index (χ1v) is 22.5. The molecule has 18 heteroatoms. The molecule has 3 aliphatic rings. The maximum atomic E-state index is 13.9. The van der Waals surface area contributed by atoms with Crippen molar-refractivity contribution < 1.29 is 43.2 Å². The SMILES string of the molecule is C#CCOCCOCCOCCOCCN1CCN(CCCNC(=O)c2ncn(C3=c4[nH]cc(C(=O)C(=O)N5CCC(=C(C#N)c6ccccc6)CC5)c4=C(OC)CC3=C)n2)C(CCO)C1. The number of methoxy groups -OCH3 is 1. The third-order valence-corrected chi connectivity index (χ3v) is 11.8. The van der Waals surface area contributed by atoms with Gasteiger partial charge >= 0.3 is 0 Å². The predicted molar refractivity (Wildman–Crippen MR) is 245 cm³/mol. The summed E-state index contributed by atoms with van der Waals surface area (Å²) >= 11 is 0. The molecular weight excluding hydrogens is 847 g/mol. The van der Waals surface area contributed by atoms with Crippen molar-refractivity contribution >= 4 is 34.6 Å². The Labute approximate surface area is 385 Å². The number of piperazine rings is 1. The topological polar surface area (TPSA) is 210 Å². The van der Waals surface area contributed by atoms with Crippen LogP contribution in [-0.2, 0) is 28.5 Å². The minimum absolute atomic E-state index is 0.0327. The number of nitrogens with one attached hydrogen (secondary N) is 2. The Kier molecular flexibility index (Phi) is 19.2. The lowest BCUT2D eigenvalue weighted by Gasteiger charge is -2.41. The van der Waals surface area contributed by atoms with Crippen LogP contribution in [0.3, 0.4) is 0 Å². The van der Waals surface area contributed by atoms with Gasteiger partial charge in [0.15, 0.2) is 0 Å². The first kappa shape index (κ1) is 49.5. The number of likely N-dealkylation sites (tertiary alicyclic amines) is 1. The molecule has 3 aromatic rings. The Morgan fingerprint density at radius 2 is 1.70 bits per heavy atom. The van der Waals surface area contributed by atoms with Gasteiger partial charge in [0.2, 0.25) is 5.82 Å². The molecule has 1 atom stereocenters. The molecule has 0 bridgehead atoms. The number of rotatable bonds is 25. The summed E-state index contributed by atoms with van der Waals surface area (Å²) in [6.07, 6.45) is 10.6. The number of fused-ring (bicyclic) bond motifs is 1. The highest BCUT2D eigenvalue weighted by atomic mass is 16.6. The Bertz CT molecular complexity index is 2370. The van der Waals surface area contributed by atoms with E-state index < -0.39 is 17.6 Å². The van der Waals surface area contributed by atoms with Gasteiger partial charge in [0.05, 0.1) is 86.8 Å². The van der Waals surface area contributed by atoms with Crippen LogP contribution < -0.4 is 15.9 Å². The predicted octanol–water partition coefficient (Wildman–Crippen LogP) is 0.948. The van der Waals surface area contributed by atoms with E-state index in [1.807, 2.05) is 30.3 Å². The molecule has 0 radical (unpaired) electrons. The third kappa shape index (κ3) is 13.1. The van der Waals surface area contributed by atoms with Crippen LogP contribution in [0.15, 0.2) is 60.6 Å². The largest absolute Gasteiger partial charge is 0.500 e. The first-order chi connectivity index (χ1) is 32.3. The number of terminal acetylenes is 1. The highest BCUT2D eigenvalue weighted by molar-refractivity contribution is 6.42. The molecule has 2 saturated heterocycles. The lowest BCUT2D eigenvalue weighted by atomic mass is 9.93. The molecular formula is C48H61N9O9. The highest BCUT2D eigenvalue weighted by Gasteiger charge is 2.31. The summed E-state index contributed by atoms with van der Waals surface area (Å²) in [5, 5.41) is 28.0. The van der Waals surface area contributed by atoms with Gasteiger partial charge in [0.1, 0.15) is 18.7 Å². The molecule has 1 aliphatic carbocycles. The summed E-state index contributed by atoms with van der Waals surface area (Å²) in [5.41, 5.74) is 3.66. The van der Waals surface area contributed by atoms with Crippen molar-refractivity contribution in [2.45, 2.75) is 38.1 Å². The minimum atomic E-state index is -0.685. The number of nitriles is 1. The number of hydrogen-bond donors (Lipinski definition) is 3. The second-order valence-electron chi connectivity index (χ2n) is 16.0. The molecule has 352 valence electrons. The zero-order valence-electron chi connectivity index (χ0n) is 37.8. The molecule has 1 unspecified atom stereocenters. The van der Waals surface area contributed by atoms with E-state index in [4.69, 9.17) is 30.1 Å². The van der Waals surface area contributed by atoms with Crippen molar-refractivity contribution in [1.29, 1.82) is 5.26 Å². The molecule has 2 fully saturated rings. The summed E-state index contributed by atoms with van der Waals surface area (Å²) < 4.78 is 29.1. The fourth-order valence-corrected chi connectivity index (χ4v) is 8.41. The van der Waals surface area contributed by atoms with E-state index in [9.17, 15) is 24.8 Å². The lowest BCUT2D eigenvalue weighted by Crippen LogP contribution is -2.54. The molecule has 6 rings (SSSR count). The van der Waals surface area contributed by atoms with E-state index in [0.717, 1.165) is 43.9 Å². The van der Waals surface area contributed by atoms with Crippen molar-refractivity contribution in [3.8, 4) is 18.4 Å². The number of carbonyl (C=O) groups excluding carboxylic acids is 3. The number of nitrogens with zero attached hydrogens (tertiary/aromatic N) is 7. The van der Waals surface area contributed by atoms with E-state index in [-0.39, 0.29) is 37.1 Å². The second-order valence-corrected chi connectivity index (χ2v) is 16.0. The number of aromatic amines is 1. The summed E-state index contributed by atoms with van der Waals surface area (Å²) in [5.74, 6) is 1.08. The molecule has 2 aromatic heterocycles. The molecule has 2 aliphatic heterocycles. The van der Waals surface area contributed by atoms with Crippen molar-refractivity contribution in [3.63, 3.8) is 0 Å². The number of aromatic nitrogens is 4. The average Bonchev–Trinajstić information content (AvgIpc) is 4.01. The first-order valence-electron chi connectivity index (χ1n) is 22.5. The van der Waals surface area contributed by atoms with Crippen LogP contribution in [0.5, 0.6) is 0 Å². The molecule has 0 saturated carbocycles. The maximum absolute atomic E-state index is 13.9. The van der Waals surface area contributed by atoms with E-state index >= 15 is 0 Å². The van der Waals surface area contributed by atoms with Crippen molar-refractivity contribution in [1.82, 2.24) is 39.8 Å². The molecule has 18 nitrogen and oxygen atoms in total. The van der Waals surface area contributed by atoms with Gasteiger partial charge in [-0.25, -0.2) is 9.67 Å². The number of benzene rings is 1. The van der Waals surface area contributed by atoms with Crippen molar-refractivity contribution in [3.05, 3.63) is 88.1 Å². The number of aliphatic hydroxyl groups excluding tert-OH is 1. The van der Waals surface area contributed by atoms with E-state index in [0.29, 0.717) is 125 Å². The van der Waals surface area contributed by atoms with Crippen LogP contribution in [0, 0.1) is 23.7 Å². The fraction of sp³-hybridized carbons (Fsp3) is 0.500. The van der Waals surface area contributed by atoms with E-state index in [1.54, 1.807) is 0 Å². The minimum Gasteiger partial charge on any atom is -0.500 e. The molecule has 66 heavy (non-hydrogen) atoms. The number of H-pyrrole nitrogens is 1. The number of carbonyl (C=O) groups is 3. The molecule has 1 aromatic carbocycles. The van der Waals surface area contributed by atoms with Gasteiger partial charge in [0, 0.05) is 77.6 Å². The second kappa shape index (κ2) is 25.7. The Hall–Kier alpha value is -5.96. The quantitative estimate of drug-likeness (QED) is 0.0356. The highest BCUT2D eigenvalue weighted by Crippen LogP contribution is 2.27. The monoisotopic (exact) mass is 907 g/mol.